The van der Waals surface area contributed by atoms with Crippen molar-refractivity contribution >= 4 is 18.3 Å². The molecule has 0 heterocycles. The Morgan fingerprint density at radius 3 is 2.29 bits per heavy atom. The number of carbonyl (C=O) groups excluding carboxylic acids is 1. The molecule has 1 amide bonds. The molecule has 0 radical (unpaired) electrons. The van der Waals surface area contributed by atoms with Gasteiger partial charge in [0.2, 0.25) is 5.91 Å². The lowest BCUT2D eigenvalue weighted by Gasteiger charge is -2.30. The van der Waals surface area contributed by atoms with Crippen molar-refractivity contribution in [3.8, 4) is 5.75 Å². The third kappa shape index (κ3) is 5.56. The number of likely N-dealkylation sites (N-methyl/N-ethyl adjacent to an activating group) is 1. The summed E-state index contributed by atoms with van der Waals surface area (Å²) in [6.45, 7) is 7.07. The van der Waals surface area contributed by atoms with Gasteiger partial charge in [0, 0.05) is 25.0 Å². The summed E-state index contributed by atoms with van der Waals surface area (Å²) < 4.78 is 5.15. The number of nitrogens with two attached hydrogens (primary N) is 1. The van der Waals surface area contributed by atoms with E-state index in [0.717, 1.165) is 12.2 Å². The molecule has 1 rings (SSSR count). The highest BCUT2D eigenvalue weighted by Gasteiger charge is 2.22. The highest BCUT2D eigenvalue weighted by atomic mass is 35.5. The molecule has 0 aliphatic rings. The van der Waals surface area contributed by atoms with Crippen LogP contribution in [0.25, 0.3) is 0 Å². The molecule has 0 aromatic heterocycles. The monoisotopic (exact) mass is 314 g/mol. The third-order valence-corrected chi connectivity index (χ3v) is 3.62. The maximum atomic E-state index is 12.3. The van der Waals surface area contributed by atoms with Gasteiger partial charge in [-0.05, 0) is 38.0 Å². The largest absolute Gasteiger partial charge is 0.497 e. The van der Waals surface area contributed by atoms with Crippen LogP contribution in [0.2, 0.25) is 0 Å². The summed E-state index contributed by atoms with van der Waals surface area (Å²) in [7, 11) is 1.66. The number of amides is 1. The van der Waals surface area contributed by atoms with Gasteiger partial charge in [0.1, 0.15) is 5.75 Å². The number of benzene rings is 1. The second kappa shape index (κ2) is 9.64. The van der Waals surface area contributed by atoms with Gasteiger partial charge in [-0.3, -0.25) is 4.79 Å². The molecule has 2 unspecified atom stereocenters. The van der Waals surface area contributed by atoms with Crippen molar-refractivity contribution in [1.29, 1.82) is 0 Å². The van der Waals surface area contributed by atoms with Gasteiger partial charge in [-0.25, -0.2) is 0 Å². The van der Waals surface area contributed by atoms with Crippen LogP contribution in [0.5, 0.6) is 5.75 Å². The fourth-order valence-corrected chi connectivity index (χ4v) is 2.28. The summed E-state index contributed by atoms with van der Waals surface area (Å²) in [6, 6.07) is 8.14. The van der Waals surface area contributed by atoms with E-state index in [1.165, 1.54) is 5.56 Å². The van der Waals surface area contributed by atoms with E-state index in [1.807, 2.05) is 43.0 Å². The molecule has 21 heavy (non-hydrogen) atoms. The number of methoxy groups -OCH3 is 1. The van der Waals surface area contributed by atoms with E-state index in [1.54, 1.807) is 7.11 Å². The first kappa shape index (κ1) is 19.7. The molecule has 0 aliphatic carbocycles. The molecular weight excluding hydrogens is 288 g/mol. The van der Waals surface area contributed by atoms with Gasteiger partial charge in [-0.1, -0.05) is 19.1 Å². The van der Waals surface area contributed by atoms with Gasteiger partial charge in [0.25, 0.3) is 0 Å². The average molecular weight is 315 g/mol. The van der Waals surface area contributed by atoms with Crippen LogP contribution >= 0.6 is 12.4 Å². The highest BCUT2D eigenvalue weighted by Crippen LogP contribution is 2.15. The van der Waals surface area contributed by atoms with Crippen molar-refractivity contribution in [1.82, 2.24) is 4.90 Å². The van der Waals surface area contributed by atoms with Gasteiger partial charge in [0.05, 0.1) is 7.11 Å². The van der Waals surface area contributed by atoms with Crippen LogP contribution in [-0.4, -0.2) is 37.0 Å². The van der Waals surface area contributed by atoms with Crippen molar-refractivity contribution in [2.75, 3.05) is 20.2 Å². The standard InChI is InChI=1S/C16H26N2O2.ClH/c1-5-18(16(19)12(2)11-17)13(3)10-14-6-8-15(20-4)9-7-14;/h6-9,12-13H,5,10-11,17H2,1-4H3;1H. The Hall–Kier alpha value is -1.26. The fraction of sp³-hybridized carbons (Fsp3) is 0.562. The lowest BCUT2D eigenvalue weighted by Crippen LogP contribution is -2.44. The van der Waals surface area contributed by atoms with Crippen LogP contribution < -0.4 is 10.5 Å². The van der Waals surface area contributed by atoms with Crippen molar-refractivity contribution in [2.45, 2.75) is 33.2 Å². The number of hydrogen-bond acceptors (Lipinski definition) is 3. The van der Waals surface area contributed by atoms with Gasteiger partial charge in [-0.15, -0.1) is 12.4 Å². The minimum Gasteiger partial charge on any atom is -0.497 e. The van der Waals surface area contributed by atoms with E-state index in [-0.39, 0.29) is 30.3 Å². The minimum absolute atomic E-state index is 0. The quantitative estimate of drug-likeness (QED) is 0.841. The SMILES string of the molecule is CCN(C(=O)C(C)CN)C(C)Cc1ccc(OC)cc1.Cl. The Balaban J connectivity index is 0.00000400. The molecule has 0 aliphatic heterocycles. The molecule has 4 nitrogen and oxygen atoms in total. The fourth-order valence-electron chi connectivity index (χ4n) is 2.28. The Kier molecular flexibility index (Phi) is 9.06. The Morgan fingerprint density at radius 1 is 1.29 bits per heavy atom. The summed E-state index contributed by atoms with van der Waals surface area (Å²) in [5.74, 6) is 0.867. The molecule has 0 spiro atoms. The molecule has 0 bridgehead atoms. The predicted molar refractivity (Wildman–Crippen MR) is 89.0 cm³/mol. The average Bonchev–Trinajstić information content (AvgIpc) is 2.47. The van der Waals surface area contributed by atoms with E-state index in [2.05, 4.69) is 6.92 Å². The molecule has 2 atom stereocenters. The number of carbonyl (C=O) groups is 1. The first-order valence-corrected chi connectivity index (χ1v) is 7.16. The molecule has 0 fully saturated rings. The van der Waals surface area contributed by atoms with Gasteiger partial charge >= 0.3 is 0 Å². The van der Waals surface area contributed by atoms with Crippen LogP contribution in [0.4, 0.5) is 0 Å². The second-order valence-electron chi connectivity index (χ2n) is 5.16. The van der Waals surface area contributed by atoms with Crippen LogP contribution in [0.15, 0.2) is 24.3 Å². The van der Waals surface area contributed by atoms with Gasteiger partial charge in [0.15, 0.2) is 0 Å². The lowest BCUT2D eigenvalue weighted by atomic mass is 10.0. The zero-order valence-electron chi connectivity index (χ0n) is 13.3. The van der Waals surface area contributed by atoms with Crippen molar-refractivity contribution in [3.63, 3.8) is 0 Å². The van der Waals surface area contributed by atoms with Gasteiger partial charge in [-0.2, -0.15) is 0 Å². The van der Waals surface area contributed by atoms with E-state index in [0.29, 0.717) is 13.1 Å². The first-order chi connectivity index (χ1) is 9.53. The normalized spacial score (nSPS) is 13.0. The molecule has 1 aromatic carbocycles. The predicted octanol–water partition coefficient (Wildman–Crippen LogP) is 2.49. The van der Waals surface area contributed by atoms with Crippen molar-refractivity contribution in [3.05, 3.63) is 29.8 Å². The first-order valence-electron chi connectivity index (χ1n) is 7.16. The maximum Gasteiger partial charge on any atom is 0.226 e. The number of ether oxygens (including phenoxy) is 1. The summed E-state index contributed by atoms with van der Waals surface area (Å²) in [5.41, 5.74) is 6.79. The van der Waals surface area contributed by atoms with E-state index < -0.39 is 0 Å². The number of rotatable bonds is 7. The zero-order chi connectivity index (χ0) is 15.1. The smallest absolute Gasteiger partial charge is 0.226 e. The van der Waals surface area contributed by atoms with Crippen LogP contribution in [0, 0.1) is 5.92 Å². The number of halogens is 1. The topological polar surface area (TPSA) is 55.6 Å². The Morgan fingerprint density at radius 2 is 1.86 bits per heavy atom. The summed E-state index contributed by atoms with van der Waals surface area (Å²) in [5, 5.41) is 0. The van der Waals surface area contributed by atoms with Gasteiger partial charge < -0.3 is 15.4 Å². The zero-order valence-corrected chi connectivity index (χ0v) is 14.2. The molecule has 5 heteroatoms. The molecule has 2 N–H and O–H groups in total. The molecule has 120 valence electrons. The summed E-state index contributed by atoms with van der Waals surface area (Å²) in [6.07, 6.45) is 0.834. The molecule has 1 aromatic rings. The van der Waals surface area contributed by atoms with E-state index in [9.17, 15) is 4.79 Å². The van der Waals surface area contributed by atoms with E-state index >= 15 is 0 Å². The molecule has 0 saturated heterocycles. The summed E-state index contributed by atoms with van der Waals surface area (Å²) >= 11 is 0. The number of nitrogens with zero attached hydrogens (tertiary/aromatic N) is 1. The van der Waals surface area contributed by atoms with Crippen molar-refractivity contribution in [2.24, 2.45) is 11.7 Å². The highest BCUT2D eigenvalue weighted by molar-refractivity contribution is 5.85. The molecular formula is C16H27ClN2O2. The van der Waals surface area contributed by atoms with Crippen LogP contribution in [0.3, 0.4) is 0 Å². The number of hydrogen-bond donors (Lipinski definition) is 1. The molecule has 0 saturated carbocycles. The van der Waals surface area contributed by atoms with Crippen molar-refractivity contribution < 1.29 is 9.53 Å². The minimum atomic E-state index is -0.117. The Bertz CT molecular complexity index is 423. The summed E-state index contributed by atoms with van der Waals surface area (Å²) in [4.78, 5) is 14.2. The second-order valence-corrected chi connectivity index (χ2v) is 5.16. The van der Waals surface area contributed by atoms with Crippen LogP contribution in [0.1, 0.15) is 26.3 Å². The maximum absolute atomic E-state index is 12.3. The lowest BCUT2D eigenvalue weighted by molar-refractivity contribution is -0.136. The Labute approximate surface area is 134 Å². The third-order valence-electron chi connectivity index (χ3n) is 3.62. The van der Waals surface area contributed by atoms with E-state index in [4.69, 9.17) is 10.5 Å². The van der Waals surface area contributed by atoms with Crippen LogP contribution in [-0.2, 0) is 11.2 Å².